The summed E-state index contributed by atoms with van der Waals surface area (Å²) in [6, 6.07) is 4.28. The lowest BCUT2D eigenvalue weighted by Gasteiger charge is -2.09. The van der Waals surface area contributed by atoms with Crippen molar-refractivity contribution in [3.63, 3.8) is 0 Å². The van der Waals surface area contributed by atoms with Gasteiger partial charge in [0.15, 0.2) is 17.5 Å². The van der Waals surface area contributed by atoms with Crippen molar-refractivity contribution in [2.75, 3.05) is 11.1 Å². The molecule has 122 valence electrons. The molecule has 0 radical (unpaired) electrons. The third-order valence-corrected chi connectivity index (χ3v) is 3.75. The van der Waals surface area contributed by atoms with Gasteiger partial charge >= 0.3 is 0 Å². The fraction of sp³-hybridized carbons (Fsp3) is 0. The standard InChI is InChI=1S/C13H10F3N3O3S/c14-9-3-6(4-10(15)12(9)16)19-13(20)8-5-7(23(18,21)22)1-2-11(8)17/h1-5H,17H2,(H,19,20)(H2,18,21,22). The van der Waals surface area contributed by atoms with Gasteiger partial charge in [-0.15, -0.1) is 0 Å². The molecule has 23 heavy (non-hydrogen) atoms. The Kier molecular flexibility index (Phi) is 4.30. The number of hydrogen-bond acceptors (Lipinski definition) is 4. The summed E-state index contributed by atoms with van der Waals surface area (Å²) in [7, 11) is -4.07. The van der Waals surface area contributed by atoms with Crippen LogP contribution in [0, 0.1) is 17.5 Å². The number of primary sulfonamides is 1. The fourth-order valence-electron chi connectivity index (χ4n) is 1.74. The zero-order valence-corrected chi connectivity index (χ0v) is 12.1. The van der Waals surface area contributed by atoms with Crippen LogP contribution in [0.4, 0.5) is 24.5 Å². The number of anilines is 2. The molecule has 0 unspecified atom stereocenters. The molecule has 5 N–H and O–H groups in total. The largest absolute Gasteiger partial charge is 0.398 e. The van der Waals surface area contributed by atoms with Gasteiger partial charge in [-0.05, 0) is 18.2 Å². The monoisotopic (exact) mass is 345 g/mol. The molecule has 1 amide bonds. The summed E-state index contributed by atoms with van der Waals surface area (Å²) in [5.74, 6) is -5.62. The van der Waals surface area contributed by atoms with E-state index in [4.69, 9.17) is 10.9 Å². The van der Waals surface area contributed by atoms with Gasteiger partial charge in [0.05, 0.1) is 10.5 Å². The smallest absolute Gasteiger partial charge is 0.257 e. The van der Waals surface area contributed by atoms with Gasteiger partial charge in [0, 0.05) is 23.5 Å². The van der Waals surface area contributed by atoms with E-state index in [2.05, 4.69) is 5.32 Å². The molecule has 2 rings (SSSR count). The van der Waals surface area contributed by atoms with Crippen molar-refractivity contribution in [3.05, 3.63) is 53.3 Å². The number of nitrogen functional groups attached to an aromatic ring is 1. The van der Waals surface area contributed by atoms with Crippen molar-refractivity contribution >= 4 is 27.3 Å². The number of carbonyl (C=O) groups is 1. The summed E-state index contributed by atoms with van der Waals surface area (Å²) >= 11 is 0. The first-order chi connectivity index (χ1) is 10.6. The molecule has 0 atom stereocenters. The second kappa shape index (κ2) is 5.89. The van der Waals surface area contributed by atoms with Crippen LogP contribution in [-0.2, 0) is 10.0 Å². The quantitative estimate of drug-likeness (QED) is 0.579. The SMILES string of the molecule is Nc1ccc(S(N)(=O)=O)cc1C(=O)Nc1cc(F)c(F)c(F)c1. The molecular formula is C13H10F3N3O3S. The van der Waals surface area contributed by atoms with Gasteiger partial charge in [-0.1, -0.05) is 0 Å². The summed E-state index contributed by atoms with van der Waals surface area (Å²) in [6.45, 7) is 0. The second-order valence-electron chi connectivity index (χ2n) is 4.50. The normalized spacial score (nSPS) is 11.3. The van der Waals surface area contributed by atoms with Gasteiger partial charge in [-0.2, -0.15) is 0 Å². The maximum Gasteiger partial charge on any atom is 0.257 e. The minimum Gasteiger partial charge on any atom is -0.398 e. The number of halogens is 3. The van der Waals surface area contributed by atoms with Crippen LogP contribution in [0.2, 0.25) is 0 Å². The van der Waals surface area contributed by atoms with Crippen molar-refractivity contribution in [1.82, 2.24) is 0 Å². The highest BCUT2D eigenvalue weighted by Gasteiger charge is 2.17. The topological polar surface area (TPSA) is 115 Å². The first-order valence-electron chi connectivity index (χ1n) is 5.98. The lowest BCUT2D eigenvalue weighted by molar-refractivity contribution is 0.102. The van der Waals surface area contributed by atoms with Crippen LogP contribution in [0.25, 0.3) is 0 Å². The third kappa shape index (κ3) is 3.60. The molecule has 2 aromatic carbocycles. The van der Waals surface area contributed by atoms with Crippen LogP contribution in [0.3, 0.4) is 0 Å². The maximum absolute atomic E-state index is 13.1. The molecule has 0 aliphatic rings. The molecule has 0 aliphatic heterocycles. The van der Waals surface area contributed by atoms with E-state index in [1.807, 2.05) is 0 Å². The lowest BCUT2D eigenvalue weighted by Crippen LogP contribution is -2.17. The summed E-state index contributed by atoms with van der Waals surface area (Å²) in [6.07, 6.45) is 0. The van der Waals surface area contributed by atoms with Gasteiger partial charge in [0.2, 0.25) is 10.0 Å². The van der Waals surface area contributed by atoms with E-state index in [-0.39, 0.29) is 21.8 Å². The summed E-state index contributed by atoms with van der Waals surface area (Å²) < 4.78 is 61.6. The first kappa shape index (κ1) is 16.8. The molecule has 0 spiro atoms. The summed E-state index contributed by atoms with van der Waals surface area (Å²) in [5, 5.41) is 7.03. The Morgan fingerprint density at radius 3 is 2.13 bits per heavy atom. The number of hydrogen-bond donors (Lipinski definition) is 3. The number of sulfonamides is 1. The highest BCUT2D eigenvalue weighted by molar-refractivity contribution is 7.89. The van der Waals surface area contributed by atoms with Crippen LogP contribution in [0.1, 0.15) is 10.4 Å². The van der Waals surface area contributed by atoms with E-state index in [1.54, 1.807) is 0 Å². The minimum absolute atomic E-state index is 0.0852. The van der Waals surface area contributed by atoms with Crippen molar-refractivity contribution < 1.29 is 26.4 Å². The molecule has 0 bridgehead atoms. The van der Waals surface area contributed by atoms with E-state index < -0.39 is 33.4 Å². The Morgan fingerprint density at radius 1 is 1.04 bits per heavy atom. The van der Waals surface area contributed by atoms with Crippen molar-refractivity contribution in [1.29, 1.82) is 0 Å². The van der Waals surface area contributed by atoms with Crippen molar-refractivity contribution in [2.45, 2.75) is 4.90 Å². The van der Waals surface area contributed by atoms with Gasteiger partial charge < -0.3 is 11.1 Å². The van der Waals surface area contributed by atoms with Crippen LogP contribution in [-0.4, -0.2) is 14.3 Å². The Morgan fingerprint density at radius 2 is 1.61 bits per heavy atom. The molecule has 10 heteroatoms. The molecular weight excluding hydrogens is 335 g/mol. The highest BCUT2D eigenvalue weighted by Crippen LogP contribution is 2.21. The predicted molar refractivity (Wildman–Crippen MR) is 76.5 cm³/mol. The summed E-state index contributed by atoms with van der Waals surface area (Å²) in [4.78, 5) is 11.7. The van der Waals surface area contributed by atoms with E-state index in [0.29, 0.717) is 12.1 Å². The molecule has 0 fully saturated rings. The number of amides is 1. The zero-order valence-electron chi connectivity index (χ0n) is 11.3. The lowest BCUT2D eigenvalue weighted by atomic mass is 10.1. The van der Waals surface area contributed by atoms with Crippen LogP contribution >= 0.6 is 0 Å². The average molecular weight is 345 g/mol. The Bertz CT molecular complexity index is 878. The van der Waals surface area contributed by atoms with Crippen LogP contribution in [0.5, 0.6) is 0 Å². The van der Waals surface area contributed by atoms with Crippen LogP contribution < -0.4 is 16.2 Å². The predicted octanol–water partition coefficient (Wildman–Crippen LogP) is 1.59. The van der Waals surface area contributed by atoms with Gasteiger partial charge in [-0.3, -0.25) is 4.79 Å². The number of nitrogens with one attached hydrogen (secondary N) is 1. The Labute approximate surface area is 129 Å². The van der Waals surface area contributed by atoms with Gasteiger partial charge in [0.1, 0.15) is 0 Å². The zero-order chi connectivity index (χ0) is 17.4. The first-order valence-corrected chi connectivity index (χ1v) is 7.52. The number of nitrogens with two attached hydrogens (primary N) is 2. The fourth-order valence-corrected chi connectivity index (χ4v) is 2.27. The molecule has 2 aromatic rings. The number of carbonyl (C=O) groups excluding carboxylic acids is 1. The van der Waals surface area contributed by atoms with Gasteiger partial charge in [0.25, 0.3) is 5.91 Å². The van der Waals surface area contributed by atoms with E-state index in [0.717, 1.165) is 18.2 Å². The maximum atomic E-state index is 13.1. The Balaban J connectivity index is 2.38. The summed E-state index contributed by atoms with van der Waals surface area (Å²) in [5.41, 5.74) is 4.84. The minimum atomic E-state index is -4.07. The van der Waals surface area contributed by atoms with E-state index in [9.17, 15) is 26.4 Å². The van der Waals surface area contributed by atoms with Gasteiger partial charge in [-0.25, -0.2) is 26.7 Å². The molecule has 6 nitrogen and oxygen atoms in total. The number of benzene rings is 2. The third-order valence-electron chi connectivity index (χ3n) is 2.84. The second-order valence-corrected chi connectivity index (χ2v) is 6.06. The highest BCUT2D eigenvalue weighted by atomic mass is 32.2. The van der Waals surface area contributed by atoms with Crippen molar-refractivity contribution in [2.24, 2.45) is 5.14 Å². The average Bonchev–Trinajstić information content (AvgIpc) is 2.43. The Hall–Kier alpha value is -2.59. The number of rotatable bonds is 3. The van der Waals surface area contributed by atoms with E-state index in [1.165, 1.54) is 0 Å². The van der Waals surface area contributed by atoms with E-state index >= 15 is 0 Å². The van der Waals surface area contributed by atoms with Crippen LogP contribution in [0.15, 0.2) is 35.2 Å². The molecule has 0 aromatic heterocycles. The molecule has 0 heterocycles. The molecule has 0 aliphatic carbocycles. The molecule has 0 saturated heterocycles. The van der Waals surface area contributed by atoms with Crippen molar-refractivity contribution in [3.8, 4) is 0 Å². The molecule has 0 saturated carbocycles.